The van der Waals surface area contributed by atoms with Crippen LogP contribution in [0.2, 0.25) is 0 Å². The number of fused-ring (bicyclic) bond motifs is 1. The molecular formula is C28H36N4O3. The summed E-state index contributed by atoms with van der Waals surface area (Å²) in [5.74, 6) is 1.76. The van der Waals surface area contributed by atoms with Crippen LogP contribution in [-0.2, 0) is 4.79 Å². The number of unbranched alkanes of at least 4 members (excludes halogenated alkanes) is 1. The van der Waals surface area contributed by atoms with E-state index < -0.39 is 0 Å². The molecule has 0 radical (unpaired) electrons. The lowest BCUT2D eigenvalue weighted by Crippen LogP contribution is -2.50. The zero-order chi connectivity index (χ0) is 24.8. The number of hydrogen-bond acceptors (Lipinski definition) is 5. The number of benzene rings is 2. The number of ether oxygens (including phenoxy) is 1. The van der Waals surface area contributed by atoms with Crippen molar-refractivity contribution in [2.24, 2.45) is 0 Å². The van der Waals surface area contributed by atoms with Gasteiger partial charge in [-0.2, -0.15) is 0 Å². The topological polar surface area (TPSA) is 67.7 Å². The smallest absolute Gasteiger partial charge is 0.266 e. The van der Waals surface area contributed by atoms with Crippen LogP contribution in [0, 0.1) is 0 Å². The monoisotopic (exact) mass is 476 g/mol. The molecule has 3 aromatic rings. The molecule has 1 unspecified atom stereocenters. The van der Waals surface area contributed by atoms with Gasteiger partial charge in [0.15, 0.2) is 0 Å². The number of carbonyl (C=O) groups excluding carboxylic acids is 1. The lowest BCUT2D eigenvalue weighted by molar-refractivity contribution is -0.133. The van der Waals surface area contributed by atoms with Gasteiger partial charge in [-0.1, -0.05) is 32.4 Å². The third kappa shape index (κ3) is 5.40. The van der Waals surface area contributed by atoms with Crippen molar-refractivity contribution in [3.8, 4) is 11.4 Å². The second kappa shape index (κ2) is 11.5. The van der Waals surface area contributed by atoms with Gasteiger partial charge in [-0.05, 0) is 56.2 Å². The highest BCUT2D eigenvalue weighted by atomic mass is 16.5. The maximum atomic E-state index is 13.7. The molecule has 1 atom stereocenters. The minimum atomic E-state index is -0.0680. The SMILES string of the molecule is CCCCC(=O)N1CCN(C(CC)c2nc3ccccc3c(=O)n2-c2ccc(OCC)cc2)CC1. The first-order valence-electron chi connectivity index (χ1n) is 12.8. The molecular weight excluding hydrogens is 440 g/mol. The van der Waals surface area contributed by atoms with Crippen LogP contribution in [0.3, 0.4) is 0 Å². The number of hydrogen-bond donors (Lipinski definition) is 0. The Balaban J connectivity index is 1.69. The number of nitrogens with zero attached hydrogens (tertiary/aromatic N) is 4. The summed E-state index contributed by atoms with van der Waals surface area (Å²) in [6.07, 6.45) is 3.40. The average Bonchev–Trinajstić information content (AvgIpc) is 2.89. The first-order valence-corrected chi connectivity index (χ1v) is 12.8. The van der Waals surface area contributed by atoms with E-state index in [9.17, 15) is 9.59 Å². The van der Waals surface area contributed by atoms with E-state index >= 15 is 0 Å². The molecule has 1 fully saturated rings. The molecule has 0 aliphatic carbocycles. The summed E-state index contributed by atoms with van der Waals surface area (Å²) in [5.41, 5.74) is 1.42. The molecule has 1 aromatic heterocycles. The fraction of sp³-hybridized carbons (Fsp3) is 0.464. The summed E-state index contributed by atoms with van der Waals surface area (Å²) in [7, 11) is 0. The van der Waals surface area contributed by atoms with Gasteiger partial charge in [-0.15, -0.1) is 0 Å². The maximum absolute atomic E-state index is 13.7. The van der Waals surface area contributed by atoms with Crippen molar-refractivity contribution in [2.75, 3.05) is 32.8 Å². The van der Waals surface area contributed by atoms with Crippen LogP contribution >= 0.6 is 0 Å². The van der Waals surface area contributed by atoms with Crippen molar-refractivity contribution in [1.82, 2.24) is 19.4 Å². The third-order valence-corrected chi connectivity index (χ3v) is 6.74. The molecule has 7 heteroatoms. The Labute approximate surface area is 207 Å². The van der Waals surface area contributed by atoms with Gasteiger partial charge in [0, 0.05) is 32.6 Å². The first kappa shape index (κ1) is 24.9. The number of carbonyl (C=O) groups is 1. The molecule has 1 saturated heterocycles. The van der Waals surface area contributed by atoms with E-state index in [1.54, 1.807) is 4.57 Å². The molecule has 7 nitrogen and oxygen atoms in total. The van der Waals surface area contributed by atoms with E-state index in [0.717, 1.165) is 49.6 Å². The quantitative estimate of drug-likeness (QED) is 0.453. The van der Waals surface area contributed by atoms with Gasteiger partial charge in [0.25, 0.3) is 5.56 Å². The highest BCUT2D eigenvalue weighted by molar-refractivity contribution is 5.78. The highest BCUT2D eigenvalue weighted by Gasteiger charge is 2.29. The number of rotatable bonds is 9. The van der Waals surface area contributed by atoms with Crippen LogP contribution in [0.5, 0.6) is 5.75 Å². The summed E-state index contributed by atoms with van der Waals surface area (Å²) in [4.78, 5) is 35.6. The Bertz CT molecular complexity index is 1200. The zero-order valence-corrected chi connectivity index (χ0v) is 21.1. The molecule has 0 N–H and O–H groups in total. The molecule has 1 aliphatic heterocycles. The second-order valence-corrected chi connectivity index (χ2v) is 9.00. The van der Waals surface area contributed by atoms with E-state index in [2.05, 4.69) is 18.7 Å². The minimum absolute atomic E-state index is 0.0354. The average molecular weight is 477 g/mol. The fourth-order valence-corrected chi connectivity index (χ4v) is 4.85. The second-order valence-electron chi connectivity index (χ2n) is 9.00. The lowest BCUT2D eigenvalue weighted by Gasteiger charge is -2.39. The normalized spacial score (nSPS) is 15.3. The van der Waals surface area contributed by atoms with Crippen molar-refractivity contribution in [2.45, 2.75) is 52.5 Å². The van der Waals surface area contributed by atoms with E-state index in [0.29, 0.717) is 37.0 Å². The van der Waals surface area contributed by atoms with Crippen LogP contribution in [0.25, 0.3) is 16.6 Å². The van der Waals surface area contributed by atoms with Crippen LogP contribution in [-0.4, -0.2) is 58.0 Å². The summed E-state index contributed by atoms with van der Waals surface area (Å²) >= 11 is 0. The number of para-hydroxylation sites is 1. The van der Waals surface area contributed by atoms with Crippen molar-refractivity contribution < 1.29 is 9.53 Å². The Hall–Kier alpha value is -3.19. The maximum Gasteiger partial charge on any atom is 0.266 e. The Kier molecular flexibility index (Phi) is 8.18. The zero-order valence-electron chi connectivity index (χ0n) is 21.1. The Morgan fingerprint density at radius 2 is 1.71 bits per heavy atom. The predicted octanol–water partition coefficient (Wildman–Crippen LogP) is 4.57. The summed E-state index contributed by atoms with van der Waals surface area (Å²) in [6, 6.07) is 15.1. The summed E-state index contributed by atoms with van der Waals surface area (Å²) in [5, 5.41) is 0.603. The summed E-state index contributed by atoms with van der Waals surface area (Å²) < 4.78 is 7.36. The Morgan fingerprint density at radius 1 is 1.00 bits per heavy atom. The van der Waals surface area contributed by atoms with Crippen molar-refractivity contribution >= 4 is 16.8 Å². The van der Waals surface area contributed by atoms with E-state index in [-0.39, 0.29) is 17.5 Å². The lowest BCUT2D eigenvalue weighted by atomic mass is 10.1. The van der Waals surface area contributed by atoms with Gasteiger partial charge >= 0.3 is 0 Å². The molecule has 2 heterocycles. The van der Waals surface area contributed by atoms with E-state index in [4.69, 9.17) is 9.72 Å². The summed E-state index contributed by atoms with van der Waals surface area (Å²) in [6.45, 7) is 9.73. The molecule has 186 valence electrons. The highest BCUT2D eigenvalue weighted by Crippen LogP contribution is 2.27. The van der Waals surface area contributed by atoms with Crippen molar-refractivity contribution in [3.05, 3.63) is 64.7 Å². The van der Waals surface area contributed by atoms with Crippen molar-refractivity contribution in [1.29, 1.82) is 0 Å². The molecule has 1 aliphatic rings. The Morgan fingerprint density at radius 3 is 2.37 bits per heavy atom. The molecule has 1 amide bonds. The minimum Gasteiger partial charge on any atom is -0.494 e. The molecule has 35 heavy (non-hydrogen) atoms. The van der Waals surface area contributed by atoms with Crippen LogP contribution in [0.4, 0.5) is 0 Å². The molecule has 0 saturated carbocycles. The van der Waals surface area contributed by atoms with E-state index in [1.165, 1.54) is 0 Å². The molecule has 2 aromatic carbocycles. The van der Waals surface area contributed by atoms with Gasteiger partial charge in [0.05, 0.1) is 29.2 Å². The van der Waals surface area contributed by atoms with Gasteiger partial charge < -0.3 is 9.64 Å². The standard InChI is InChI=1S/C28H36N4O3/c1-4-7-12-26(33)31-19-17-30(18-20-31)25(5-2)27-29-24-11-9-8-10-23(24)28(34)32(27)21-13-15-22(16-14-21)35-6-3/h8-11,13-16,25H,4-7,12,17-20H2,1-3H3. The van der Waals surface area contributed by atoms with Crippen LogP contribution in [0.1, 0.15) is 58.3 Å². The predicted molar refractivity (Wildman–Crippen MR) is 139 cm³/mol. The van der Waals surface area contributed by atoms with Gasteiger partial charge in [0.2, 0.25) is 5.91 Å². The molecule has 0 spiro atoms. The third-order valence-electron chi connectivity index (χ3n) is 6.74. The van der Waals surface area contributed by atoms with E-state index in [1.807, 2.05) is 60.4 Å². The largest absolute Gasteiger partial charge is 0.494 e. The number of aromatic nitrogens is 2. The van der Waals surface area contributed by atoms with Gasteiger partial charge in [0.1, 0.15) is 11.6 Å². The fourth-order valence-electron chi connectivity index (χ4n) is 4.85. The van der Waals surface area contributed by atoms with Crippen molar-refractivity contribution in [3.63, 3.8) is 0 Å². The molecule has 0 bridgehead atoms. The molecule has 4 rings (SSSR count). The number of amides is 1. The van der Waals surface area contributed by atoms with Gasteiger partial charge in [-0.3, -0.25) is 19.1 Å². The van der Waals surface area contributed by atoms with Crippen LogP contribution < -0.4 is 10.3 Å². The number of piperazine rings is 1. The van der Waals surface area contributed by atoms with Crippen LogP contribution in [0.15, 0.2) is 53.3 Å². The van der Waals surface area contributed by atoms with Gasteiger partial charge in [-0.25, -0.2) is 4.98 Å². The first-order chi connectivity index (χ1) is 17.1.